The van der Waals surface area contributed by atoms with E-state index in [9.17, 15) is 17.6 Å². The van der Waals surface area contributed by atoms with Gasteiger partial charge < -0.3 is 4.74 Å². The second kappa shape index (κ2) is 8.63. The second-order valence-corrected chi connectivity index (χ2v) is 8.30. The van der Waals surface area contributed by atoms with Gasteiger partial charge in [-0.05, 0) is 66.6 Å². The molecule has 0 radical (unpaired) electrons. The number of rotatable bonds is 6. The number of benzene rings is 3. The number of halogens is 2. The smallest absolute Gasteiger partial charge is 0.265 e. The molecule has 0 unspecified atom stereocenters. The summed E-state index contributed by atoms with van der Waals surface area (Å²) in [6.07, 6.45) is 0. The lowest BCUT2D eigenvalue weighted by atomic mass is 10.2. The van der Waals surface area contributed by atoms with Crippen LogP contribution in [0.1, 0.15) is 21.5 Å². The number of carbonyl (C=O) groups excluding carboxylic acids is 1. The zero-order chi connectivity index (χ0) is 21.0. The summed E-state index contributed by atoms with van der Waals surface area (Å²) >= 11 is 5.96. The van der Waals surface area contributed by atoms with Crippen molar-refractivity contribution in [3.05, 3.63) is 94.3 Å². The fraction of sp³-hybridized carbons (Fsp3) is 0.0952. The Morgan fingerprint density at radius 2 is 1.69 bits per heavy atom. The second-order valence-electron chi connectivity index (χ2n) is 6.24. The Balaban J connectivity index is 1.67. The Morgan fingerprint density at radius 1 is 1.03 bits per heavy atom. The lowest BCUT2D eigenvalue weighted by Gasteiger charge is -2.11. The summed E-state index contributed by atoms with van der Waals surface area (Å²) in [7, 11) is -4.07. The number of hydrogen-bond acceptors (Lipinski definition) is 4. The molecule has 29 heavy (non-hydrogen) atoms. The molecule has 0 aliphatic rings. The van der Waals surface area contributed by atoms with Crippen LogP contribution in [0.3, 0.4) is 0 Å². The van der Waals surface area contributed by atoms with Crippen molar-refractivity contribution < 1.29 is 22.3 Å². The van der Waals surface area contributed by atoms with Gasteiger partial charge >= 0.3 is 0 Å². The maximum Gasteiger partial charge on any atom is 0.265 e. The Hall–Kier alpha value is -2.90. The van der Waals surface area contributed by atoms with Crippen molar-refractivity contribution in [3.63, 3.8) is 0 Å². The molecule has 0 bridgehead atoms. The summed E-state index contributed by atoms with van der Waals surface area (Å²) in [6.45, 7) is 1.79. The number of amides is 1. The minimum absolute atomic E-state index is 0.0578. The van der Waals surface area contributed by atoms with Gasteiger partial charge in [-0.25, -0.2) is 17.5 Å². The molecule has 3 aromatic rings. The van der Waals surface area contributed by atoms with Gasteiger partial charge in [-0.2, -0.15) is 0 Å². The molecule has 3 rings (SSSR count). The first-order chi connectivity index (χ1) is 13.8. The normalized spacial score (nSPS) is 11.1. The molecule has 0 fully saturated rings. The molecule has 0 saturated heterocycles. The van der Waals surface area contributed by atoms with E-state index in [0.29, 0.717) is 16.3 Å². The molecule has 0 aliphatic carbocycles. The van der Waals surface area contributed by atoms with Gasteiger partial charge in [0.15, 0.2) is 0 Å². The van der Waals surface area contributed by atoms with Crippen LogP contribution in [0, 0.1) is 12.7 Å². The average molecular weight is 434 g/mol. The largest absolute Gasteiger partial charge is 0.489 e. The van der Waals surface area contributed by atoms with Gasteiger partial charge in [0.05, 0.1) is 4.90 Å². The van der Waals surface area contributed by atoms with E-state index in [-0.39, 0.29) is 22.9 Å². The van der Waals surface area contributed by atoms with Gasteiger partial charge in [0.2, 0.25) is 0 Å². The summed E-state index contributed by atoms with van der Waals surface area (Å²) in [5.41, 5.74) is 1.30. The molecule has 1 N–H and O–H groups in total. The van der Waals surface area contributed by atoms with Crippen LogP contribution in [-0.2, 0) is 16.6 Å². The maximum atomic E-state index is 12.9. The van der Waals surface area contributed by atoms with Crippen LogP contribution in [0.2, 0.25) is 5.02 Å². The molecule has 3 aromatic carbocycles. The molecular formula is C21H17ClFNO4S. The molecular weight excluding hydrogens is 417 g/mol. The summed E-state index contributed by atoms with van der Waals surface area (Å²) in [6, 6.07) is 16.4. The first kappa shape index (κ1) is 20.8. The Labute approximate surface area is 173 Å². The van der Waals surface area contributed by atoms with Crippen molar-refractivity contribution in [2.75, 3.05) is 0 Å². The van der Waals surface area contributed by atoms with Crippen LogP contribution in [0.15, 0.2) is 71.6 Å². The van der Waals surface area contributed by atoms with Crippen LogP contribution in [-0.4, -0.2) is 14.3 Å². The summed E-state index contributed by atoms with van der Waals surface area (Å²) in [4.78, 5) is 12.3. The topological polar surface area (TPSA) is 72.5 Å². The van der Waals surface area contributed by atoms with E-state index in [2.05, 4.69) is 0 Å². The predicted octanol–water partition coefficient (Wildman–Crippen LogP) is 4.49. The van der Waals surface area contributed by atoms with Gasteiger partial charge in [0, 0.05) is 10.6 Å². The molecule has 8 heteroatoms. The van der Waals surface area contributed by atoms with E-state index < -0.39 is 15.9 Å². The van der Waals surface area contributed by atoms with Crippen LogP contribution < -0.4 is 9.46 Å². The Morgan fingerprint density at radius 3 is 2.34 bits per heavy atom. The van der Waals surface area contributed by atoms with Gasteiger partial charge in [-0.3, -0.25) is 4.79 Å². The number of nitrogens with one attached hydrogen (secondary N) is 1. The van der Waals surface area contributed by atoms with Crippen molar-refractivity contribution in [1.82, 2.24) is 4.72 Å². The highest BCUT2D eigenvalue weighted by Crippen LogP contribution is 2.23. The van der Waals surface area contributed by atoms with Gasteiger partial charge in [0.1, 0.15) is 18.2 Å². The maximum absolute atomic E-state index is 12.9. The number of carbonyl (C=O) groups is 1. The molecule has 0 aliphatic heterocycles. The molecule has 0 saturated carbocycles. The zero-order valence-electron chi connectivity index (χ0n) is 15.4. The number of hydrogen-bond donors (Lipinski definition) is 1. The molecule has 0 aromatic heterocycles. The van der Waals surface area contributed by atoms with Gasteiger partial charge in [-0.1, -0.05) is 29.8 Å². The first-order valence-corrected chi connectivity index (χ1v) is 10.4. The molecule has 150 valence electrons. The highest BCUT2D eigenvalue weighted by Gasteiger charge is 2.21. The molecule has 0 atom stereocenters. The first-order valence-electron chi connectivity index (χ1n) is 8.56. The highest BCUT2D eigenvalue weighted by molar-refractivity contribution is 7.90. The predicted molar refractivity (Wildman–Crippen MR) is 108 cm³/mol. The monoisotopic (exact) mass is 433 g/mol. The third-order valence-corrected chi connectivity index (χ3v) is 6.05. The van der Waals surface area contributed by atoms with Crippen LogP contribution >= 0.6 is 11.6 Å². The fourth-order valence-corrected chi connectivity index (χ4v) is 4.04. The lowest BCUT2D eigenvalue weighted by Crippen LogP contribution is -2.31. The number of ether oxygens (including phenoxy) is 1. The van der Waals surface area contributed by atoms with Crippen LogP contribution in [0.4, 0.5) is 4.39 Å². The Bertz CT molecular complexity index is 1130. The van der Waals surface area contributed by atoms with E-state index in [1.165, 1.54) is 36.4 Å². The van der Waals surface area contributed by atoms with E-state index in [0.717, 1.165) is 5.56 Å². The van der Waals surface area contributed by atoms with Crippen molar-refractivity contribution >= 4 is 27.5 Å². The summed E-state index contributed by atoms with van der Waals surface area (Å²) < 4.78 is 45.5. The van der Waals surface area contributed by atoms with E-state index in [1.54, 1.807) is 37.3 Å². The van der Waals surface area contributed by atoms with Crippen LogP contribution in [0.5, 0.6) is 5.75 Å². The van der Waals surface area contributed by atoms with Gasteiger partial charge in [-0.15, -0.1) is 0 Å². The van der Waals surface area contributed by atoms with E-state index in [4.69, 9.17) is 16.3 Å². The third kappa shape index (κ3) is 5.13. The highest BCUT2D eigenvalue weighted by atomic mass is 35.5. The molecule has 0 heterocycles. The quantitative estimate of drug-likeness (QED) is 0.621. The van der Waals surface area contributed by atoms with Crippen molar-refractivity contribution in [2.24, 2.45) is 0 Å². The third-order valence-electron chi connectivity index (χ3n) is 4.17. The number of sulfonamides is 1. The lowest BCUT2D eigenvalue weighted by molar-refractivity contribution is 0.0981. The zero-order valence-corrected chi connectivity index (χ0v) is 16.9. The summed E-state index contributed by atoms with van der Waals surface area (Å²) in [5, 5.41) is 0.294. The van der Waals surface area contributed by atoms with Gasteiger partial charge in [0.25, 0.3) is 15.9 Å². The van der Waals surface area contributed by atoms with E-state index in [1.807, 2.05) is 4.72 Å². The fourth-order valence-electron chi connectivity index (χ4n) is 2.56. The van der Waals surface area contributed by atoms with Crippen molar-refractivity contribution in [2.45, 2.75) is 18.4 Å². The Kier molecular flexibility index (Phi) is 6.20. The molecule has 0 spiro atoms. The standard InChI is InChI=1S/C21H17ClFNO4S/c1-14-19(22)3-2-4-20(14)29(26,27)24-21(25)16-7-11-18(12-8-16)28-13-15-5-9-17(23)10-6-15/h2-12H,13H2,1H3,(H,24,25). The van der Waals surface area contributed by atoms with Crippen molar-refractivity contribution in [3.8, 4) is 5.75 Å². The van der Waals surface area contributed by atoms with Crippen molar-refractivity contribution in [1.29, 1.82) is 0 Å². The SMILES string of the molecule is Cc1c(Cl)cccc1S(=O)(=O)NC(=O)c1ccc(OCc2ccc(F)cc2)cc1. The van der Waals surface area contributed by atoms with Crippen LogP contribution in [0.25, 0.3) is 0 Å². The van der Waals surface area contributed by atoms with E-state index >= 15 is 0 Å². The molecule has 5 nitrogen and oxygen atoms in total. The minimum Gasteiger partial charge on any atom is -0.489 e. The average Bonchev–Trinajstić information content (AvgIpc) is 2.69. The minimum atomic E-state index is -4.07. The molecule has 1 amide bonds. The summed E-state index contributed by atoms with van der Waals surface area (Å²) in [5.74, 6) is -0.610.